The van der Waals surface area contributed by atoms with Crippen molar-refractivity contribution in [2.75, 3.05) is 12.3 Å². The monoisotopic (exact) mass is 281 g/mol. The van der Waals surface area contributed by atoms with Gasteiger partial charge in [-0.25, -0.2) is 8.42 Å². The van der Waals surface area contributed by atoms with Crippen molar-refractivity contribution in [1.29, 1.82) is 0 Å². The van der Waals surface area contributed by atoms with Gasteiger partial charge in [-0.2, -0.15) is 0 Å². The average Bonchev–Trinajstić information content (AvgIpc) is 2.59. The number of sulfone groups is 1. The standard InChI is InChI=1S/C15H23NO2S/c1-11(9-16-15(2,3)4)13-10-19(17,18)14-8-6-5-7-12(13)14/h5-8,11,13,16H,9-10H2,1-4H3. The summed E-state index contributed by atoms with van der Waals surface area (Å²) < 4.78 is 24.3. The molecule has 1 aliphatic heterocycles. The molecular formula is C15H23NO2S. The molecule has 106 valence electrons. The summed E-state index contributed by atoms with van der Waals surface area (Å²) in [5.41, 5.74) is 1.05. The molecule has 2 rings (SSSR count). The lowest BCUT2D eigenvalue weighted by Crippen LogP contribution is -2.39. The van der Waals surface area contributed by atoms with Crippen molar-refractivity contribution >= 4 is 9.84 Å². The van der Waals surface area contributed by atoms with Gasteiger partial charge in [-0.3, -0.25) is 0 Å². The van der Waals surface area contributed by atoms with Crippen molar-refractivity contribution in [2.24, 2.45) is 5.92 Å². The van der Waals surface area contributed by atoms with E-state index in [1.165, 1.54) is 0 Å². The number of benzene rings is 1. The van der Waals surface area contributed by atoms with Crippen LogP contribution in [0.15, 0.2) is 29.2 Å². The third-order valence-electron chi connectivity index (χ3n) is 3.69. The van der Waals surface area contributed by atoms with Crippen molar-refractivity contribution in [3.8, 4) is 0 Å². The summed E-state index contributed by atoms with van der Waals surface area (Å²) in [6.07, 6.45) is 0. The number of hydrogen-bond acceptors (Lipinski definition) is 3. The maximum Gasteiger partial charge on any atom is 0.179 e. The molecule has 0 fully saturated rings. The van der Waals surface area contributed by atoms with E-state index in [-0.39, 0.29) is 17.2 Å². The molecule has 4 heteroatoms. The van der Waals surface area contributed by atoms with Crippen LogP contribution in [0.25, 0.3) is 0 Å². The van der Waals surface area contributed by atoms with Gasteiger partial charge in [0.15, 0.2) is 9.84 Å². The maximum absolute atomic E-state index is 12.1. The fourth-order valence-electron chi connectivity index (χ4n) is 2.57. The number of hydrogen-bond donors (Lipinski definition) is 1. The van der Waals surface area contributed by atoms with Crippen molar-refractivity contribution in [3.05, 3.63) is 29.8 Å². The second-order valence-electron chi connectivity index (χ2n) is 6.53. The maximum atomic E-state index is 12.1. The fraction of sp³-hybridized carbons (Fsp3) is 0.600. The SMILES string of the molecule is CC(CNC(C)(C)C)C1CS(=O)(=O)c2ccccc21. The Hall–Kier alpha value is -0.870. The van der Waals surface area contributed by atoms with Crippen LogP contribution in [0.3, 0.4) is 0 Å². The van der Waals surface area contributed by atoms with Crippen molar-refractivity contribution in [1.82, 2.24) is 5.32 Å². The average molecular weight is 281 g/mol. The Morgan fingerprint density at radius 3 is 2.58 bits per heavy atom. The lowest BCUT2D eigenvalue weighted by atomic mass is 9.88. The van der Waals surface area contributed by atoms with Crippen LogP contribution in [0.2, 0.25) is 0 Å². The van der Waals surface area contributed by atoms with Crippen molar-refractivity contribution < 1.29 is 8.42 Å². The lowest BCUT2D eigenvalue weighted by Gasteiger charge is -2.26. The first-order valence-electron chi connectivity index (χ1n) is 6.77. The summed E-state index contributed by atoms with van der Waals surface area (Å²) in [5.74, 6) is 0.660. The van der Waals surface area contributed by atoms with Gasteiger partial charge < -0.3 is 5.32 Å². The predicted octanol–water partition coefficient (Wildman–Crippen LogP) is 2.58. The van der Waals surface area contributed by atoms with Crippen LogP contribution < -0.4 is 5.32 Å². The number of rotatable bonds is 3. The van der Waals surface area contributed by atoms with E-state index < -0.39 is 9.84 Å². The van der Waals surface area contributed by atoms with Crippen molar-refractivity contribution in [3.63, 3.8) is 0 Å². The minimum atomic E-state index is -3.08. The Morgan fingerprint density at radius 1 is 1.32 bits per heavy atom. The Labute approximate surface area is 116 Å². The Bertz CT molecular complexity index is 558. The van der Waals surface area contributed by atoms with Crippen LogP contribution in [0.1, 0.15) is 39.2 Å². The van der Waals surface area contributed by atoms with Crippen LogP contribution >= 0.6 is 0 Å². The molecule has 0 bridgehead atoms. The molecule has 0 aromatic heterocycles. The van der Waals surface area contributed by atoms with E-state index in [0.29, 0.717) is 10.8 Å². The summed E-state index contributed by atoms with van der Waals surface area (Å²) in [5, 5.41) is 3.46. The van der Waals surface area contributed by atoms with Gasteiger partial charge in [-0.15, -0.1) is 0 Å². The molecular weight excluding hydrogens is 258 g/mol. The smallest absolute Gasteiger partial charge is 0.179 e. The highest BCUT2D eigenvalue weighted by Crippen LogP contribution is 2.39. The third-order valence-corrected chi connectivity index (χ3v) is 5.53. The molecule has 0 saturated heterocycles. The van der Waals surface area contributed by atoms with Crippen molar-refractivity contribution in [2.45, 2.75) is 44.0 Å². The van der Waals surface area contributed by atoms with Crippen LogP contribution in [0.5, 0.6) is 0 Å². The molecule has 1 aliphatic rings. The Kier molecular flexibility index (Phi) is 3.76. The van der Waals surface area contributed by atoms with E-state index in [9.17, 15) is 8.42 Å². The zero-order chi connectivity index (χ0) is 14.3. The normalized spacial score (nSPS) is 23.1. The first-order chi connectivity index (χ1) is 8.71. The van der Waals surface area contributed by atoms with E-state index >= 15 is 0 Å². The van der Waals surface area contributed by atoms with Crippen LogP contribution in [-0.4, -0.2) is 26.3 Å². The Balaban J connectivity index is 2.20. The molecule has 1 N–H and O–H groups in total. The predicted molar refractivity (Wildman–Crippen MR) is 78.2 cm³/mol. The molecule has 2 atom stereocenters. The van der Waals surface area contributed by atoms with Gasteiger partial charge in [0, 0.05) is 11.5 Å². The van der Waals surface area contributed by atoms with E-state index in [1.807, 2.05) is 12.1 Å². The first kappa shape index (κ1) is 14.5. The molecule has 19 heavy (non-hydrogen) atoms. The van der Waals surface area contributed by atoms with Crippen LogP contribution in [0, 0.1) is 5.92 Å². The van der Waals surface area contributed by atoms with Gasteiger partial charge in [0.25, 0.3) is 0 Å². The molecule has 0 radical (unpaired) electrons. The second-order valence-corrected chi connectivity index (χ2v) is 8.54. The highest BCUT2D eigenvalue weighted by molar-refractivity contribution is 7.91. The lowest BCUT2D eigenvalue weighted by molar-refractivity contribution is 0.361. The molecule has 1 aromatic rings. The molecule has 1 aromatic carbocycles. The molecule has 0 spiro atoms. The molecule has 1 heterocycles. The van der Waals surface area contributed by atoms with Gasteiger partial charge in [-0.1, -0.05) is 25.1 Å². The van der Waals surface area contributed by atoms with E-state index in [1.54, 1.807) is 12.1 Å². The minimum absolute atomic E-state index is 0.0608. The Morgan fingerprint density at radius 2 is 1.95 bits per heavy atom. The molecule has 0 aliphatic carbocycles. The first-order valence-corrected chi connectivity index (χ1v) is 8.43. The highest BCUT2D eigenvalue weighted by Gasteiger charge is 2.37. The molecule has 0 saturated carbocycles. The van der Waals surface area contributed by atoms with Gasteiger partial charge in [-0.05, 0) is 44.9 Å². The molecule has 3 nitrogen and oxygen atoms in total. The third kappa shape index (κ3) is 3.18. The summed E-state index contributed by atoms with van der Waals surface area (Å²) in [6.45, 7) is 9.33. The van der Waals surface area contributed by atoms with Gasteiger partial charge in [0.2, 0.25) is 0 Å². The van der Waals surface area contributed by atoms with E-state index in [2.05, 4.69) is 33.0 Å². The van der Waals surface area contributed by atoms with Gasteiger partial charge >= 0.3 is 0 Å². The fourth-order valence-corrected chi connectivity index (χ4v) is 4.59. The van der Waals surface area contributed by atoms with E-state index in [4.69, 9.17) is 0 Å². The van der Waals surface area contributed by atoms with Gasteiger partial charge in [0.1, 0.15) is 0 Å². The summed E-state index contributed by atoms with van der Waals surface area (Å²) >= 11 is 0. The quantitative estimate of drug-likeness (QED) is 0.926. The largest absolute Gasteiger partial charge is 0.312 e. The van der Waals surface area contributed by atoms with Gasteiger partial charge in [0.05, 0.1) is 10.6 Å². The van der Waals surface area contributed by atoms with Crippen LogP contribution in [-0.2, 0) is 9.84 Å². The second kappa shape index (κ2) is 4.91. The molecule has 0 amide bonds. The van der Waals surface area contributed by atoms with Crippen LogP contribution in [0.4, 0.5) is 0 Å². The van der Waals surface area contributed by atoms with E-state index in [0.717, 1.165) is 12.1 Å². The molecule has 2 unspecified atom stereocenters. The zero-order valence-electron chi connectivity index (χ0n) is 12.1. The zero-order valence-corrected chi connectivity index (χ0v) is 12.9. The minimum Gasteiger partial charge on any atom is -0.312 e. The number of fused-ring (bicyclic) bond motifs is 1. The highest BCUT2D eigenvalue weighted by atomic mass is 32.2. The summed E-state index contributed by atoms with van der Waals surface area (Å²) in [7, 11) is -3.08. The topological polar surface area (TPSA) is 46.2 Å². The summed E-state index contributed by atoms with van der Waals surface area (Å²) in [6, 6.07) is 7.42. The number of nitrogens with one attached hydrogen (secondary N) is 1. The summed E-state index contributed by atoms with van der Waals surface area (Å²) in [4.78, 5) is 0.530.